The van der Waals surface area contributed by atoms with Gasteiger partial charge < -0.3 is 14.6 Å². The molecule has 0 bridgehead atoms. The molecule has 1 amide bonds. The first kappa shape index (κ1) is 20.2. The van der Waals surface area contributed by atoms with Gasteiger partial charge in [0.25, 0.3) is 5.56 Å². The van der Waals surface area contributed by atoms with Crippen LogP contribution in [0.5, 0.6) is 5.75 Å². The van der Waals surface area contributed by atoms with E-state index in [-0.39, 0.29) is 23.7 Å². The SMILES string of the molecule is COc1cccc(C2CC(=O)Nc3c2c(=O)nc(SCc2ccc(F)cc2)n3C)c1. The van der Waals surface area contributed by atoms with Gasteiger partial charge in [-0.15, -0.1) is 0 Å². The van der Waals surface area contributed by atoms with Gasteiger partial charge in [0.1, 0.15) is 17.4 Å². The Labute approximate surface area is 177 Å². The lowest BCUT2D eigenvalue weighted by molar-refractivity contribution is -0.116. The van der Waals surface area contributed by atoms with E-state index in [0.717, 1.165) is 11.1 Å². The third kappa shape index (κ3) is 3.95. The molecular formula is C22H20FN3O3S. The molecule has 4 rings (SSSR count). The number of halogens is 1. The van der Waals surface area contributed by atoms with Crippen LogP contribution in [0.3, 0.4) is 0 Å². The minimum atomic E-state index is -0.397. The molecule has 1 atom stereocenters. The highest BCUT2D eigenvalue weighted by atomic mass is 32.2. The molecule has 0 aliphatic carbocycles. The molecule has 1 N–H and O–H groups in total. The largest absolute Gasteiger partial charge is 0.497 e. The topological polar surface area (TPSA) is 73.2 Å². The summed E-state index contributed by atoms with van der Waals surface area (Å²) >= 11 is 1.36. The van der Waals surface area contributed by atoms with Crippen LogP contribution in [0.4, 0.5) is 10.2 Å². The number of benzene rings is 2. The Bertz CT molecular complexity index is 1160. The fourth-order valence-corrected chi connectivity index (χ4v) is 4.46. The van der Waals surface area contributed by atoms with Gasteiger partial charge in [0.15, 0.2) is 5.16 Å². The van der Waals surface area contributed by atoms with Crippen molar-refractivity contribution in [3.8, 4) is 5.75 Å². The van der Waals surface area contributed by atoms with E-state index in [4.69, 9.17) is 4.74 Å². The summed E-state index contributed by atoms with van der Waals surface area (Å²) in [7, 11) is 3.35. The van der Waals surface area contributed by atoms with E-state index in [9.17, 15) is 14.0 Å². The predicted molar refractivity (Wildman–Crippen MR) is 114 cm³/mol. The summed E-state index contributed by atoms with van der Waals surface area (Å²) in [6.07, 6.45) is 0.166. The second kappa shape index (κ2) is 8.31. The van der Waals surface area contributed by atoms with Crippen molar-refractivity contribution in [3.63, 3.8) is 0 Å². The Morgan fingerprint density at radius 2 is 2.00 bits per heavy atom. The number of aromatic nitrogens is 2. The molecule has 6 nitrogen and oxygen atoms in total. The number of thioether (sulfide) groups is 1. The summed E-state index contributed by atoms with van der Waals surface area (Å²) in [5.41, 5.74) is 1.84. The molecule has 0 radical (unpaired) electrons. The number of hydrogen-bond acceptors (Lipinski definition) is 5. The van der Waals surface area contributed by atoms with Gasteiger partial charge in [-0.2, -0.15) is 4.98 Å². The zero-order valence-electron chi connectivity index (χ0n) is 16.5. The van der Waals surface area contributed by atoms with E-state index in [0.29, 0.717) is 28.0 Å². The molecule has 0 saturated heterocycles. The number of rotatable bonds is 5. The average Bonchev–Trinajstić information content (AvgIpc) is 2.75. The van der Waals surface area contributed by atoms with E-state index in [2.05, 4.69) is 10.3 Å². The quantitative estimate of drug-likeness (QED) is 0.499. The molecule has 2 heterocycles. The van der Waals surface area contributed by atoms with Crippen molar-refractivity contribution in [2.24, 2.45) is 7.05 Å². The van der Waals surface area contributed by atoms with Crippen molar-refractivity contribution in [2.45, 2.75) is 23.2 Å². The number of methoxy groups -OCH3 is 1. The Kier molecular flexibility index (Phi) is 5.59. The van der Waals surface area contributed by atoms with Crippen LogP contribution < -0.4 is 15.6 Å². The van der Waals surface area contributed by atoms with Crippen molar-refractivity contribution in [2.75, 3.05) is 12.4 Å². The highest BCUT2D eigenvalue weighted by Gasteiger charge is 2.32. The Hall–Kier alpha value is -3.13. The summed E-state index contributed by atoms with van der Waals surface area (Å²) < 4.78 is 20.1. The van der Waals surface area contributed by atoms with Gasteiger partial charge in [-0.1, -0.05) is 36.0 Å². The molecule has 30 heavy (non-hydrogen) atoms. The maximum Gasteiger partial charge on any atom is 0.279 e. The number of amides is 1. The molecule has 2 aromatic carbocycles. The van der Waals surface area contributed by atoms with Crippen LogP contribution in [-0.2, 0) is 17.6 Å². The number of anilines is 1. The highest BCUT2D eigenvalue weighted by molar-refractivity contribution is 7.98. The number of hydrogen-bond donors (Lipinski definition) is 1. The number of nitrogens with zero attached hydrogens (tertiary/aromatic N) is 2. The number of fused-ring (bicyclic) bond motifs is 1. The zero-order chi connectivity index (χ0) is 21.3. The van der Waals surface area contributed by atoms with Crippen molar-refractivity contribution >= 4 is 23.5 Å². The third-order valence-electron chi connectivity index (χ3n) is 5.08. The van der Waals surface area contributed by atoms with E-state index >= 15 is 0 Å². The number of ether oxygens (including phenoxy) is 1. The standard InChI is InChI=1S/C22H20FN3O3S/c1-26-20-19(17(11-18(27)24-20)14-4-3-5-16(10-14)29-2)21(28)25-22(26)30-12-13-6-8-15(23)9-7-13/h3-10,17H,11-12H2,1-2H3,(H,24,27). The van der Waals surface area contributed by atoms with Gasteiger partial charge in [0.05, 0.1) is 12.7 Å². The molecule has 1 aliphatic rings. The first-order valence-electron chi connectivity index (χ1n) is 9.38. The third-order valence-corrected chi connectivity index (χ3v) is 6.18. The van der Waals surface area contributed by atoms with E-state index in [1.54, 1.807) is 30.9 Å². The van der Waals surface area contributed by atoms with E-state index in [1.165, 1.54) is 23.9 Å². The lowest BCUT2D eigenvalue weighted by atomic mass is 9.86. The monoisotopic (exact) mass is 425 g/mol. The predicted octanol–water partition coefficient (Wildman–Crippen LogP) is 3.69. The fourth-order valence-electron chi connectivity index (χ4n) is 3.54. The van der Waals surface area contributed by atoms with Crippen molar-refractivity contribution < 1.29 is 13.9 Å². The summed E-state index contributed by atoms with van der Waals surface area (Å²) in [6.45, 7) is 0. The summed E-state index contributed by atoms with van der Waals surface area (Å²) in [5, 5.41) is 3.31. The first-order chi connectivity index (χ1) is 14.5. The van der Waals surface area contributed by atoms with Gasteiger partial charge in [-0.25, -0.2) is 4.39 Å². The number of nitrogens with one attached hydrogen (secondary N) is 1. The fraction of sp³-hybridized carbons (Fsp3) is 0.227. The van der Waals surface area contributed by atoms with Crippen LogP contribution in [-0.4, -0.2) is 22.6 Å². The maximum absolute atomic E-state index is 13.1. The van der Waals surface area contributed by atoms with Gasteiger partial charge >= 0.3 is 0 Å². The molecule has 0 saturated carbocycles. The van der Waals surface area contributed by atoms with Gasteiger partial charge in [-0.3, -0.25) is 9.59 Å². The van der Waals surface area contributed by atoms with Crippen LogP contribution in [0.1, 0.15) is 29.0 Å². The minimum Gasteiger partial charge on any atom is -0.497 e. The number of carbonyl (C=O) groups is 1. The van der Waals surface area contributed by atoms with Crippen molar-refractivity contribution in [1.82, 2.24) is 9.55 Å². The first-order valence-corrected chi connectivity index (χ1v) is 10.4. The molecule has 1 aliphatic heterocycles. The van der Waals surface area contributed by atoms with Gasteiger partial charge in [-0.05, 0) is 35.4 Å². The molecule has 154 valence electrons. The van der Waals surface area contributed by atoms with Crippen molar-refractivity contribution in [1.29, 1.82) is 0 Å². The van der Waals surface area contributed by atoms with E-state index < -0.39 is 5.92 Å². The Balaban J connectivity index is 1.70. The van der Waals surface area contributed by atoms with Crippen LogP contribution in [0.15, 0.2) is 58.5 Å². The Morgan fingerprint density at radius 3 is 2.73 bits per heavy atom. The number of carbonyl (C=O) groups excluding carboxylic acids is 1. The molecule has 1 aromatic heterocycles. The molecule has 8 heteroatoms. The van der Waals surface area contributed by atoms with Crippen LogP contribution in [0.2, 0.25) is 0 Å². The molecule has 0 fully saturated rings. The molecule has 1 unspecified atom stereocenters. The molecule has 3 aromatic rings. The maximum atomic E-state index is 13.1. The second-order valence-corrected chi connectivity index (χ2v) is 7.96. The zero-order valence-corrected chi connectivity index (χ0v) is 17.3. The van der Waals surface area contributed by atoms with Crippen LogP contribution >= 0.6 is 11.8 Å². The summed E-state index contributed by atoms with van der Waals surface area (Å²) in [5.74, 6) is 0.788. The normalized spacial score (nSPS) is 15.4. The molecular weight excluding hydrogens is 405 g/mol. The van der Waals surface area contributed by atoms with Gasteiger partial charge in [0.2, 0.25) is 5.91 Å². The van der Waals surface area contributed by atoms with Crippen molar-refractivity contribution in [3.05, 3.63) is 81.4 Å². The Morgan fingerprint density at radius 1 is 1.23 bits per heavy atom. The van der Waals surface area contributed by atoms with Crippen LogP contribution in [0.25, 0.3) is 0 Å². The van der Waals surface area contributed by atoms with Crippen LogP contribution in [0, 0.1) is 5.82 Å². The highest BCUT2D eigenvalue weighted by Crippen LogP contribution is 2.37. The minimum absolute atomic E-state index is 0.161. The van der Waals surface area contributed by atoms with E-state index in [1.807, 2.05) is 24.3 Å². The smallest absolute Gasteiger partial charge is 0.279 e. The van der Waals surface area contributed by atoms with Gasteiger partial charge in [0, 0.05) is 25.1 Å². The molecule has 0 spiro atoms. The second-order valence-electron chi connectivity index (χ2n) is 7.02. The average molecular weight is 425 g/mol. The lowest BCUT2D eigenvalue weighted by Crippen LogP contribution is -2.33. The summed E-state index contributed by atoms with van der Waals surface area (Å²) in [4.78, 5) is 29.7. The summed E-state index contributed by atoms with van der Waals surface area (Å²) in [6, 6.07) is 13.6. The lowest BCUT2D eigenvalue weighted by Gasteiger charge is -2.27.